The average Bonchev–Trinajstić information content (AvgIpc) is 2.83. The Morgan fingerprint density at radius 2 is 1.27 bits per heavy atom. The molecule has 170 valence electrons. The van der Waals surface area contributed by atoms with Crippen molar-refractivity contribution in [2.24, 2.45) is 5.73 Å². The van der Waals surface area contributed by atoms with Gasteiger partial charge in [-0.1, -0.05) is 72.8 Å². The number of nitrogens with two attached hydrogens (primary N) is 1. The molecule has 8 nitrogen and oxygen atoms in total. The quantitative estimate of drug-likeness (QED) is 0.381. The number of carbonyl (C=O) groups excluding carboxylic acids is 3. The van der Waals surface area contributed by atoms with Crippen molar-refractivity contribution in [1.82, 2.24) is 5.32 Å². The summed E-state index contributed by atoms with van der Waals surface area (Å²) in [4.78, 5) is 35.7. The molecule has 0 bridgehead atoms. The van der Waals surface area contributed by atoms with Gasteiger partial charge in [-0.2, -0.15) is 0 Å². The molecule has 3 aromatic carbocycles. The fourth-order valence-electron chi connectivity index (χ4n) is 2.90. The zero-order chi connectivity index (χ0) is 23.5. The van der Waals surface area contributed by atoms with Crippen LogP contribution in [0.15, 0.2) is 84.9 Å². The highest BCUT2D eigenvalue weighted by Gasteiger charge is 2.19. The van der Waals surface area contributed by atoms with Crippen LogP contribution in [0.3, 0.4) is 0 Å². The molecule has 3 N–H and O–H groups in total. The lowest BCUT2D eigenvalue weighted by Crippen LogP contribution is -2.46. The van der Waals surface area contributed by atoms with E-state index in [0.29, 0.717) is 5.56 Å². The van der Waals surface area contributed by atoms with Gasteiger partial charge in [-0.05, 0) is 28.8 Å². The number of benzene rings is 3. The van der Waals surface area contributed by atoms with Crippen molar-refractivity contribution in [2.75, 3.05) is 0 Å². The minimum Gasteiger partial charge on any atom is -0.445 e. The smallest absolute Gasteiger partial charge is 0.445 e. The number of ether oxygens (including phenoxy) is 3. The van der Waals surface area contributed by atoms with Crippen molar-refractivity contribution in [3.05, 3.63) is 102 Å². The molecule has 0 aliphatic carbocycles. The van der Waals surface area contributed by atoms with Crippen molar-refractivity contribution in [3.8, 4) is 5.75 Å². The first-order chi connectivity index (χ1) is 16.0. The first kappa shape index (κ1) is 23.3. The van der Waals surface area contributed by atoms with E-state index in [0.717, 1.165) is 11.1 Å². The van der Waals surface area contributed by atoms with Crippen molar-refractivity contribution in [2.45, 2.75) is 25.7 Å². The van der Waals surface area contributed by atoms with Crippen LogP contribution in [0, 0.1) is 0 Å². The van der Waals surface area contributed by atoms with E-state index in [1.807, 2.05) is 60.7 Å². The third-order valence-corrected chi connectivity index (χ3v) is 4.61. The summed E-state index contributed by atoms with van der Waals surface area (Å²) in [7, 11) is 0. The van der Waals surface area contributed by atoms with E-state index in [-0.39, 0.29) is 25.4 Å². The van der Waals surface area contributed by atoms with Crippen LogP contribution >= 0.6 is 0 Å². The summed E-state index contributed by atoms with van der Waals surface area (Å²) in [5.41, 5.74) is 7.79. The lowest BCUT2D eigenvalue weighted by Gasteiger charge is -2.16. The maximum Gasteiger partial charge on any atom is 0.514 e. The third kappa shape index (κ3) is 8.02. The molecule has 0 saturated heterocycles. The Morgan fingerprint density at radius 1 is 0.727 bits per heavy atom. The van der Waals surface area contributed by atoms with Gasteiger partial charge in [0.15, 0.2) is 0 Å². The number of nitrogens with one attached hydrogen (secondary N) is 1. The highest BCUT2D eigenvalue weighted by molar-refractivity contribution is 5.84. The van der Waals surface area contributed by atoms with Gasteiger partial charge in [-0.25, -0.2) is 9.59 Å². The Labute approximate surface area is 191 Å². The van der Waals surface area contributed by atoms with Crippen LogP contribution in [-0.2, 0) is 33.9 Å². The molecule has 0 heterocycles. The van der Waals surface area contributed by atoms with Crippen molar-refractivity contribution < 1.29 is 28.6 Å². The summed E-state index contributed by atoms with van der Waals surface area (Å²) in [5.74, 6) is -0.417. The fraction of sp³-hybridized carbons (Fsp3) is 0.160. The normalized spacial score (nSPS) is 11.2. The van der Waals surface area contributed by atoms with Crippen molar-refractivity contribution in [1.29, 1.82) is 0 Å². The van der Waals surface area contributed by atoms with Gasteiger partial charge in [-0.15, -0.1) is 0 Å². The van der Waals surface area contributed by atoms with Gasteiger partial charge >= 0.3 is 12.2 Å². The van der Waals surface area contributed by atoms with E-state index in [1.165, 1.54) is 0 Å². The van der Waals surface area contributed by atoms with E-state index >= 15 is 0 Å². The Bertz CT molecular complexity index is 1060. The minimum absolute atomic E-state index is 0.0740. The molecule has 0 fully saturated rings. The highest BCUT2D eigenvalue weighted by Crippen LogP contribution is 2.15. The molecule has 0 aromatic heterocycles. The van der Waals surface area contributed by atoms with Crippen molar-refractivity contribution >= 4 is 18.2 Å². The van der Waals surface area contributed by atoms with Crippen LogP contribution < -0.4 is 15.8 Å². The zero-order valence-corrected chi connectivity index (χ0v) is 17.8. The summed E-state index contributed by atoms with van der Waals surface area (Å²) in [6, 6.07) is 23.9. The van der Waals surface area contributed by atoms with Gasteiger partial charge in [0.1, 0.15) is 25.0 Å². The number of hydrogen-bond donors (Lipinski definition) is 2. The van der Waals surface area contributed by atoms with Gasteiger partial charge < -0.3 is 25.3 Å². The number of hydrogen-bond acceptors (Lipinski definition) is 6. The van der Waals surface area contributed by atoms with E-state index in [1.54, 1.807) is 24.3 Å². The number of carbonyl (C=O) groups is 3. The van der Waals surface area contributed by atoms with E-state index in [9.17, 15) is 14.4 Å². The fourth-order valence-corrected chi connectivity index (χ4v) is 2.90. The molecular weight excluding hydrogens is 424 g/mol. The molecule has 0 unspecified atom stereocenters. The molecule has 2 amide bonds. The largest absolute Gasteiger partial charge is 0.514 e. The number of amides is 2. The lowest BCUT2D eigenvalue weighted by atomic mass is 10.1. The zero-order valence-electron chi connectivity index (χ0n) is 17.8. The summed E-state index contributed by atoms with van der Waals surface area (Å²) in [6.45, 7) is 0.175. The van der Waals surface area contributed by atoms with Gasteiger partial charge in [0.05, 0.1) is 0 Å². The first-order valence-corrected chi connectivity index (χ1v) is 10.2. The predicted octanol–water partition coefficient (Wildman–Crippen LogP) is 3.73. The first-order valence-electron chi connectivity index (χ1n) is 10.2. The number of alkyl carbamates (subject to hydrolysis) is 1. The van der Waals surface area contributed by atoms with Gasteiger partial charge in [0.25, 0.3) is 0 Å². The van der Waals surface area contributed by atoms with Crippen molar-refractivity contribution in [3.63, 3.8) is 0 Å². The Morgan fingerprint density at radius 3 is 1.82 bits per heavy atom. The number of rotatable bonds is 9. The average molecular weight is 448 g/mol. The second-order valence-corrected chi connectivity index (χ2v) is 7.14. The Kier molecular flexibility index (Phi) is 8.41. The van der Waals surface area contributed by atoms with Crippen LogP contribution in [0.25, 0.3) is 0 Å². The second kappa shape index (κ2) is 11.9. The summed E-state index contributed by atoms with van der Waals surface area (Å²) >= 11 is 0. The SMILES string of the molecule is NC(=O)[C@H](Cc1ccc(OC(=O)OCc2ccccc2)cc1)NC(=O)OCc1ccccc1. The molecule has 0 radical (unpaired) electrons. The van der Waals surface area contributed by atoms with E-state index in [4.69, 9.17) is 19.9 Å². The molecule has 0 saturated carbocycles. The van der Waals surface area contributed by atoms with Crippen LogP contribution in [0.4, 0.5) is 9.59 Å². The van der Waals surface area contributed by atoms with E-state index < -0.39 is 24.2 Å². The maximum atomic E-state index is 12.0. The molecule has 0 aliphatic rings. The summed E-state index contributed by atoms with van der Waals surface area (Å²) in [5, 5.41) is 2.47. The highest BCUT2D eigenvalue weighted by atomic mass is 16.7. The van der Waals surface area contributed by atoms with Crippen LogP contribution in [0.2, 0.25) is 0 Å². The molecule has 0 spiro atoms. The molecule has 3 rings (SSSR count). The second-order valence-electron chi connectivity index (χ2n) is 7.14. The molecule has 33 heavy (non-hydrogen) atoms. The predicted molar refractivity (Wildman–Crippen MR) is 120 cm³/mol. The summed E-state index contributed by atoms with van der Waals surface area (Å²) < 4.78 is 15.3. The van der Waals surface area contributed by atoms with Crippen LogP contribution in [-0.4, -0.2) is 24.2 Å². The standard InChI is InChI=1S/C25H24N2O6/c26-23(28)22(27-24(29)31-16-19-7-3-1-4-8-19)15-18-11-13-21(14-12-18)33-25(30)32-17-20-9-5-2-6-10-20/h1-14,22H,15-17H2,(H2,26,28)(H,27,29)/t22-/m0/s1. The lowest BCUT2D eigenvalue weighted by molar-refractivity contribution is -0.119. The summed E-state index contributed by atoms with van der Waals surface area (Å²) in [6.07, 6.45) is -1.43. The Balaban J connectivity index is 1.47. The van der Waals surface area contributed by atoms with Gasteiger partial charge in [0, 0.05) is 6.42 Å². The Hall–Kier alpha value is -4.33. The molecule has 8 heteroatoms. The van der Waals surface area contributed by atoms with Crippen LogP contribution in [0.1, 0.15) is 16.7 Å². The number of primary amides is 1. The topological polar surface area (TPSA) is 117 Å². The third-order valence-electron chi connectivity index (χ3n) is 4.61. The molecular formula is C25H24N2O6. The molecule has 1 atom stereocenters. The molecule has 0 aliphatic heterocycles. The van der Waals surface area contributed by atoms with Gasteiger partial charge in [0.2, 0.25) is 5.91 Å². The maximum absolute atomic E-state index is 12.0. The van der Waals surface area contributed by atoms with Crippen LogP contribution in [0.5, 0.6) is 5.75 Å². The van der Waals surface area contributed by atoms with Gasteiger partial charge in [-0.3, -0.25) is 4.79 Å². The minimum atomic E-state index is -0.962. The van der Waals surface area contributed by atoms with E-state index in [2.05, 4.69) is 5.32 Å². The monoisotopic (exact) mass is 448 g/mol. The molecule has 3 aromatic rings.